The summed E-state index contributed by atoms with van der Waals surface area (Å²) < 4.78 is 28.9. The van der Waals surface area contributed by atoms with E-state index in [1.54, 1.807) is 10.9 Å². The predicted molar refractivity (Wildman–Crippen MR) is 86.1 cm³/mol. The van der Waals surface area contributed by atoms with Gasteiger partial charge in [0.2, 0.25) is 0 Å². The van der Waals surface area contributed by atoms with Crippen LogP contribution in [0.1, 0.15) is 18.2 Å². The Morgan fingerprint density at radius 1 is 1.22 bits per heavy atom. The number of guanidine groups is 1. The maximum absolute atomic E-state index is 13.6. The van der Waals surface area contributed by atoms with Gasteiger partial charge >= 0.3 is 0 Å². The summed E-state index contributed by atoms with van der Waals surface area (Å²) in [7, 11) is 1.85. The van der Waals surface area contributed by atoms with E-state index in [0.29, 0.717) is 25.6 Å². The lowest BCUT2D eigenvalue weighted by molar-refractivity contribution is 0.553. The summed E-state index contributed by atoms with van der Waals surface area (Å²) in [6.07, 6.45) is 1.96. The molecule has 0 radical (unpaired) electrons. The maximum Gasteiger partial charge on any atom is 0.191 e. The number of halogens is 2. The molecule has 0 saturated carbocycles. The molecule has 0 spiro atoms. The third-order valence-corrected chi connectivity index (χ3v) is 3.39. The summed E-state index contributed by atoms with van der Waals surface area (Å²) in [5, 5.41) is 10.3. The minimum Gasteiger partial charge on any atom is -0.357 e. The molecule has 0 amide bonds. The average Bonchev–Trinajstić information content (AvgIpc) is 2.93. The van der Waals surface area contributed by atoms with E-state index in [2.05, 4.69) is 20.7 Å². The second-order valence-corrected chi connectivity index (χ2v) is 5.02. The zero-order valence-corrected chi connectivity index (χ0v) is 13.3. The van der Waals surface area contributed by atoms with Crippen LogP contribution in [0, 0.1) is 11.6 Å². The minimum atomic E-state index is -0.524. The smallest absolute Gasteiger partial charge is 0.191 e. The Morgan fingerprint density at radius 3 is 2.57 bits per heavy atom. The first-order valence-electron chi connectivity index (χ1n) is 7.53. The molecule has 5 nitrogen and oxygen atoms in total. The van der Waals surface area contributed by atoms with Gasteiger partial charge in [-0.05, 0) is 31.5 Å². The number of rotatable bonds is 6. The van der Waals surface area contributed by atoms with E-state index in [9.17, 15) is 8.78 Å². The predicted octanol–water partition coefficient (Wildman–Crippen LogP) is 2.00. The zero-order valence-electron chi connectivity index (χ0n) is 13.3. The molecule has 0 saturated heterocycles. The second kappa shape index (κ2) is 8.26. The first-order chi connectivity index (χ1) is 11.1. The number of hydrogen-bond acceptors (Lipinski definition) is 2. The summed E-state index contributed by atoms with van der Waals surface area (Å²) in [4.78, 5) is 4.44. The number of nitrogens with zero attached hydrogens (tertiary/aromatic N) is 3. The van der Waals surface area contributed by atoms with E-state index in [1.807, 2.05) is 20.0 Å². The number of aliphatic imine (C=N–C) groups is 1. The first kappa shape index (κ1) is 16.9. The maximum atomic E-state index is 13.6. The fourth-order valence-corrected chi connectivity index (χ4v) is 2.14. The normalized spacial score (nSPS) is 11.6. The van der Waals surface area contributed by atoms with Crippen molar-refractivity contribution >= 4 is 5.96 Å². The molecule has 0 aliphatic rings. The number of hydrogen-bond donors (Lipinski definition) is 2. The van der Waals surface area contributed by atoms with Crippen molar-refractivity contribution in [3.8, 4) is 0 Å². The summed E-state index contributed by atoms with van der Waals surface area (Å²) in [5.41, 5.74) is 1.06. The van der Waals surface area contributed by atoms with Gasteiger partial charge in [0.25, 0.3) is 0 Å². The molecule has 0 aliphatic carbocycles. The van der Waals surface area contributed by atoms with Gasteiger partial charge in [-0.15, -0.1) is 0 Å². The van der Waals surface area contributed by atoms with Crippen LogP contribution < -0.4 is 10.6 Å². The number of nitrogens with one attached hydrogen (secondary N) is 2. The van der Waals surface area contributed by atoms with Crippen LogP contribution >= 0.6 is 0 Å². The van der Waals surface area contributed by atoms with Crippen LogP contribution in [0.2, 0.25) is 0 Å². The molecule has 0 atom stereocenters. The first-order valence-corrected chi connectivity index (χ1v) is 7.53. The monoisotopic (exact) mass is 321 g/mol. The molecule has 2 N–H and O–H groups in total. The molecule has 23 heavy (non-hydrogen) atoms. The van der Waals surface area contributed by atoms with Crippen LogP contribution in [0.4, 0.5) is 8.78 Å². The van der Waals surface area contributed by atoms with Crippen molar-refractivity contribution in [2.45, 2.75) is 19.9 Å². The van der Waals surface area contributed by atoms with Crippen molar-refractivity contribution < 1.29 is 8.78 Å². The quantitative estimate of drug-likeness (QED) is 0.632. The molecule has 124 valence electrons. The molecule has 0 bridgehead atoms. The summed E-state index contributed by atoms with van der Waals surface area (Å²) in [6.45, 7) is 3.51. The molecule has 1 aromatic heterocycles. The Kier molecular flexibility index (Phi) is 6.08. The molecule has 1 heterocycles. The lowest BCUT2D eigenvalue weighted by Crippen LogP contribution is -2.38. The van der Waals surface area contributed by atoms with Crippen LogP contribution in [0.15, 0.2) is 35.5 Å². The Balaban J connectivity index is 1.93. The highest BCUT2D eigenvalue weighted by Crippen LogP contribution is 2.11. The van der Waals surface area contributed by atoms with Gasteiger partial charge in [0.05, 0.1) is 12.2 Å². The highest BCUT2D eigenvalue weighted by atomic mass is 19.1. The second-order valence-electron chi connectivity index (χ2n) is 5.02. The van der Waals surface area contributed by atoms with Crippen molar-refractivity contribution in [2.75, 3.05) is 13.1 Å². The number of aromatic nitrogens is 2. The molecule has 0 aliphatic heterocycles. The molecule has 7 heteroatoms. The van der Waals surface area contributed by atoms with E-state index < -0.39 is 11.6 Å². The molecular formula is C16H21F2N5. The van der Waals surface area contributed by atoms with Crippen LogP contribution in [0.3, 0.4) is 0 Å². The van der Waals surface area contributed by atoms with Gasteiger partial charge in [-0.3, -0.25) is 4.68 Å². The van der Waals surface area contributed by atoms with Crippen molar-refractivity contribution in [3.63, 3.8) is 0 Å². The molecular weight excluding hydrogens is 300 g/mol. The van der Waals surface area contributed by atoms with E-state index in [1.165, 1.54) is 18.2 Å². The van der Waals surface area contributed by atoms with Gasteiger partial charge in [0.1, 0.15) is 11.6 Å². The van der Waals surface area contributed by atoms with Gasteiger partial charge in [0.15, 0.2) is 5.96 Å². The van der Waals surface area contributed by atoms with E-state index >= 15 is 0 Å². The van der Waals surface area contributed by atoms with Gasteiger partial charge in [-0.1, -0.05) is 6.07 Å². The van der Waals surface area contributed by atoms with Gasteiger partial charge < -0.3 is 10.6 Å². The third-order valence-electron chi connectivity index (χ3n) is 3.39. The molecule has 2 aromatic rings. The Hall–Kier alpha value is -2.44. The van der Waals surface area contributed by atoms with Gasteiger partial charge in [-0.25, -0.2) is 13.8 Å². The highest BCUT2D eigenvalue weighted by molar-refractivity contribution is 5.79. The van der Waals surface area contributed by atoms with Crippen molar-refractivity contribution in [3.05, 3.63) is 53.4 Å². The molecule has 1 aromatic carbocycles. The van der Waals surface area contributed by atoms with Crippen LogP contribution in [0.5, 0.6) is 0 Å². The van der Waals surface area contributed by atoms with Crippen LogP contribution in [-0.2, 0) is 20.0 Å². The Labute approximate surface area is 134 Å². The summed E-state index contributed by atoms with van der Waals surface area (Å²) in [6, 6.07) is 5.78. The molecule has 0 unspecified atom stereocenters. The topological polar surface area (TPSA) is 54.2 Å². The van der Waals surface area contributed by atoms with E-state index in [4.69, 9.17) is 0 Å². The molecule has 2 rings (SSSR count). The van der Waals surface area contributed by atoms with Crippen LogP contribution in [-0.4, -0.2) is 28.8 Å². The minimum absolute atomic E-state index is 0.0856. The third kappa shape index (κ3) is 4.77. The van der Waals surface area contributed by atoms with Crippen molar-refractivity contribution in [1.82, 2.24) is 20.4 Å². The average molecular weight is 321 g/mol. The molecule has 0 fully saturated rings. The van der Waals surface area contributed by atoms with Crippen molar-refractivity contribution in [2.24, 2.45) is 12.0 Å². The summed E-state index contributed by atoms with van der Waals surface area (Å²) in [5.74, 6) is -0.447. The number of benzene rings is 1. The van der Waals surface area contributed by atoms with Gasteiger partial charge in [0, 0.05) is 31.9 Å². The van der Waals surface area contributed by atoms with E-state index in [0.717, 1.165) is 5.69 Å². The fraction of sp³-hybridized carbons (Fsp3) is 0.375. The largest absolute Gasteiger partial charge is 0.357 e. The highest BCUT2D eigenvalue weighted by Gasteiger charge is 2.08. The Bertz CT molecular complexity index is 646. The fourth-order valence-electron chi connectivity index (χ4n) is 2.14. The SMILES string of the molecule is CCNC(=NCc1ccnn1C)NCCc1c(F)cccc1F. The lowest BCUT2D eigenvalue weighted by Gasteiger charge is -2.12. The Morgan fingerprint density at radius 2 is 1.96 bits per heavy atom. The zero-order chi connectivity index (χ0) is 16.7. The summed E-state index contributed by atoms with van der Waals surface area (Å²) >= 11 is 0. The van der Waals surface area contributed by atoms with Crippen LogP contribution in [0.25, 0.3) is 0 Å². The van der Waals surface area contributed by atoms with Crippen molar-refractivity contribution in [1.29, 1.82) is 0 Å². The van der Waals surface area contributed by atoms with Gasteiger partial charge in [-0.2, -0.15) is 5.10 Å². The lowest BCUT2D eigenvalue weighted by atomic mass is 10.1. The van der Waals surface area contributed by atoms with E-state index in [-0.39, 0.29) is 12.0 Å². The number of aryl methyl sites for hydroxylation is 1. The standard InChI is InChI=1S/C16H21F2N5/c1-3-19-16(21-11-12-7-10-22-23(12)2)20-9-8-13-14(17)5-4-6-15(13)18/h4-7,10H,3,8-9,11H2,1-2H3,(H2,19,20,21).